The lowest BCUT2D eigenvalue weighted by atomic mass is 10.0. The van der Waals surface area contributed by atoms with Gasteiger partial charge in [-0.25, -0.2) is 4.99 Å². The summed E-state index contributed by atoms with van der Waals surface area (Å²) in [5.74, 6) is 0.797. The van der Waals surface area contributed by atoms with E-state index in [2.05, 4.69) is 28.1 Å². The molecule has 1 unspecified atom stereocenters. The second-order valence-corrected chi connectivity index (χ2v) is 7.56. The van der Waals surface area contributed by atoms with E-state index in [4.69, 9.17) is 10.8 Å². The van der Waals surface area contributed by atoms with Crippen molar-refractivity contribution in [3.63, 3.8) is 0 Å². The molecule has 0 aromatic carbocycles. The number of aromatic amines is 1. The van der Waals surface area contributed by atoms with E-state index in [0.29, 0.717) is 35.0 Å². The van der Waals surface area contributed by atoms with E-state index >= 15 is 0 Å². The monoisotopic (exact) mass is 398 g/mol. The largest absolute Gasteiger partial charge is 0.509 e. The standard InChI is InChI=1S/C21H26N4O2S/c1-12(8-9-14(3)26)13(2)11-23-16(5)24-21(22)18-15(4)19(27)20-17(25-18)7-6-10-28-20/h6,8-10,13,26H,1,3,7,11H2,2,4-5H3,(H,25,27)(H2,22,23,24)/b9-8-. The number of aromatic nitrogens is 1. The number of aliphatic imine (C=N–C) groups is 2. The van der Waals surface area contributed by atoms with E-state index in [1.54, 1.807) is 19.9 Å². The van der Waals surface area contributed by atoms with Gasteiger partial charge in [0.05, 0.1) is 10.6 Å². The van der Waals surface area contributed by atoms with Crippen molar-refractivity contribution in [1.82, 2.24) is 4.98 Å². The number of amidine groups is 2. The van der Waals surface area contributed by atoms with Gasteiger partial charge in [0.2, 0.25) is 0 Å². The van der Waals surface area contributed by atoms with Crippen LogP contribution < -0.4 is 11.2 Å². The second-order valence-electron chi connectivity index (χ2n) is 6.64. The quantitative estimate of drug-likeness (QED) is 0.293. The summed E-state index contributed by atoms with van der Waals surface area (Å²) in [4.78, 5) is 25.3. The van der Waals surface area contributed by atoms with Crippen molar-refractivity contribution in [2.75, 3.05) is 6.54 Å². The molecule has 0 radical (unpaired) electrons. The van der Waals surface area contributed by atoms with Crippen molar-refractivity contribution < 1.29 is 5.11 Å². The Morgan fingerprint density at radius 1 is 1.46 bits per heavy atom. The minimum absolute atomic E-state index is 0.0197. The minimum Gasteiger partial charge on any atom is -0.509 e. The molecule has 148 valence electrons. The molecular formula is C21H26N4O2S. The Morgan fingerprint density at radius 2 is 2.18 bits per heavy atom. The maximum Gasteiger partial charge on any atom is 0.199 e. The Kier molecular flexibility index (Phi) is 7.23. The Bertz CT molecular complexity index is 967. The van der Waals surface area contributed by atoms with Gasteiger partial charge in [0, 0.05) is 30.1 Å². The van der Waals surface area contributed by atoms with Crippen molar-refractivity contribution in [3.8, 4) is 0 Å². The molecular weight excluding hydrogens is 372 g/mol. The number of nitrogens with one attached hydrogen (secondary N) is 1. The highest BCUT2D eigenvalue weighted by atomic mass is 32.2. The first-order valence-electron chi connectivity index (χ1n) is 8.88. The van der Waals surface area contributed by atoms with E-state index in [0.717, 1.165) is 11.3 Å². The fraction of sp³-hybridized carbons (Fsp3) is 0.286. The van der Waals surface area contributed by atoms with Crippen molar-refractivity contribution >= 4 is 23.4 Å². The average Bonchev–Trinajstić information content (AvgIpc) is 2.66. The molecule has 1 aromatic rings. The van der Waals surface area contributed by atoms with Crippen LogP contribution in [0.4, 0.5) is 0 Å². The molecule has 1 aromatic heterocycles. The third-order valence-corrected chi connectivity index (χ3v) is 5.33. The van der Waals surface area contributed by atoms with Crippen LogP contribution in [0.1, 0.15) is 30.8 Å². The molecule has 0 saturated heterocycles. The number of hydrogen-bond acceptors (Lipinski definition) is 4. The number of pyridine rings is 1. The molecule has 1 aliphatic rings. The molecule has 0 spiro atoms. The smallest absolute Gasteiger partial charge is 0.199 e. The van der Waals surface area contributed by atoms with E-state index in [1.165, 1.54) is 17.8 Å². The summed E-state index contributed by atoms with van der Waals surface area (Å²) in [6.07, 6.45) is 5.87. The van der Waals surface area contributed by atoms with Crippen molar-refractivity contribution in [1.29, 1.82) is 0 Å². The van der Waals surface area contributed by atoms with Crippen molar-refractivity contribution in [3.05, 3.63) is 75.3 Å². The summed E-state index contributed by atoms with van der Waals surface area (Å²) < 4.78 is 0. The minimum atomic E-state index is -0.0204. The third-order valence-electron chi connectivity index (χ3n) is 4.33. The summed E-state index contributed by atoms with van der Waals surface area (Å²) in [5, 5.41) is 11.0. The molecule has 0 aliphatic carbocycles. The van der Waals surface area contributed by atoms with Gasteiger partial charge < -0.3 is 15.8 Å². The van der Waals surface area contributed by atoms with Gasteiger partial charge in [-0.2, -0.15) is 0 Å². The SMILES string of the molecule is C=C(O)/C=C\C(=C)C(C)CN=C(C)N=C(N)c1[nH]c2c(c(=O)c1C)SC=CC2. The fourth-order valence-corrected chi connectivity index (χ4v) is 3.41. The lowest BCUT2D eigenvalue weighted by molar-refractivity contribution is 0.435. The second kappa shape index (κ2) is 9.41. The van der Waals surface area contributed by atoms with Crippen LogP contribution in [-0.4, -0.2) is 28.3 Å². The number of H-pyrrole nitrogens is 1. The van der Waals surface area contributed by atoms with E-state index < -0.39 is 0 Å². The Hall–Kier alpha value is -2.80. The zero-order valence-electron chi connectivity index (χ0n) is 16.5. The van der Waals surface area contributed by atoms with Crippen LogP contribution in [0.5, 0.6) is 0 Å². The Morgan fingerprint density at radius 3 is 2.86 bits per heavy atom. The lowest BCUT2D eigenvalue weighted by Crippen LogP contribution is -2.25. The van der Waals surface area contributed by atoms with Gasteiger partial charge >= 0.3 is 0 Å². The van der Waals surface area contributed by atoms with Crippen LogP contribution in [-0.2, 0) is 6.42 Å². The normalized spacial score (nSPS) is 15.5. The highest BCUT2D eigenvalue weighted by molar-refractivity contribution is 8.02. The number of aliphatic hydroxyl groups is 1. The molecule has 0 fully saturated rings. The first kappa shape index (κ1) is 21.5. The topological polar surface area (TPSA) is 104 Å². The zero-order chi connectivity index (χ0) is 20.8. The average molecular weight is 399 g/mol. The number of thioether (sulfide) groups is 1. The van der Waals surface area contributed by atoms with E-state index in [1.807, 2.05) is 18.4 Å². The van der Waals surface area contributed by atoms with Crippen molar-refractivity contribution in [2.24, 2.45) is 21.6 Å². The van der Waals surface area contributed by atoms with Crippen molar-refractivity contribution in [2.45, 2.75) is 32.1 Å². The number of allylic oxidation sites excluding steroid dienone is 3. The van der Waals surface area contributed by atoms with Gasteiger partial charge in [0.15, 0.2) is 5.43 Å². The first-order chi connectivity index (χ1) is 13.2. The number of hydrogen-bond donors (Lipinski definition) is 3. The highest BCUT2D eigenvalue weighted by Gasteiger charge is 2.17. The molecule has 0 bridgehead atoms. The molecule has 28 heavy (non-hydrogen) atoms. The van der Waals surface area contributed by atoms with Crippen LogP contribution in [0.15, 0.2) is 67.8 Å². The molecule has 1 aliphatic heterocycles. The Labute approximate surface area is 169 Å². The third kappa shape index (κ3) is 5.36. The predicted molar refractivity (Wildman–Crippen MR) is 118 cm³/mol. The number of nitrogens with zero attached hydrogens (tertiary/aromatic N) is 2. The first-order valence-corrected chi connectivity index (χ1v) is 9.76. The molecule has 1 atom stereocenters. The number of aliphatic hydroxyl groups excluding tert-OH is 1. The maximum atomic E-state index is 12.6. The summed E-state index contributed by atoms with van der Waals surface area (Å²) in [7, 11) is 0. The lowest BCUT2D eigenvalue weighted by Gasteiger charge is -2.14. The number of rotatable bonds is 6. The molecule has 6 nitrogen and oxygen atoms in total. The van der Waals surface area contributed by atoms with Crippen LogP contribution in [0, 0.1) is 12.8 Å². The molecule has 7 heteroatoms. The van der Waals surface area contributed by atoms with Gasteiger partial charge in [0.1, 0.15) is 17.4 Å². The summed E-state index contributed by atoms with van der Waals surface area (Å²) in [6.45, 7) is 13.3. The Balaban J connectivity index is 2.18. The highest BCUT2D eigenvalue weighted by Crippen LogP contribution is 2.25. The van der Waals surface area contributed by atoms with Gasteiger partial charge in [0.25, 0.3) is 0 Å². The van der Waals surface area contributed by atoms with E-state index in [-0.39, 0.29) is 22.9 Å². The molecule has 2 rings (SSSR count). The van der Waals surface area contributed by atoms with Gasteiger partial charge in [-0.15, -0.1) is 0 Å². The summed E-state index contributed by atoms with van der Waals surface area (Å²) >= 11 is 1.42. The van der Waals surface area contributed by atoms with Crippen LogP contribution in [0.2, 0.25) is 0 Å². The fourth-order valence-electron chi connectivity index (χ4n) is 2.55. The van der Waals surface area contributed by atoms with E-state index in [9.17, 15) is 4.79 Å². The van der Waals surface area contributed by atoms with Crippen LogP contribution in [0.25, 0.3) is 0 Å². The predicted octanol–water partition coefficient (Wildman–Crippen LogP) is 3.79. The number of fused-ring (bicyclic) bond motifs is 1. The zero-order valence-corrected chi connectivity index (χ0v) is 17.3. The van der Waals surface area contributed by atoms with Gasteiger partial charge in [-0.05, 0) is 25.3 Å². The summed E-state index contributed by atoms with van der Waals surface area (Å²) in [6, 6.07) is 0. The molecule has 4 N–H and O–H groups in total. The van der Waals surface area contributed by atoms with Gasteiger partial charge in [-0.3, -0.25) is 9.79 Å². The molecule has 0 saturated carbocycles. The molecule has 2 heterocycles. The van der Waals surface area contributed by atoms with Gasteiger partial charge in [-0.1, -0.05) is 49.6 Å². The summed E-state index contributed by atoms with van der Waals surface area (Å²) in [5.41, 5.74) is 8.90. The molecule has 0 amide bonds. The number of nitrogens with two attached hydrogens (primary N) is 1. The van der Waals surface area contributed by atoms with Crippen LogP contribution in [0.3, 0.4) is 0 Å². The van der Waals surface area contributed by atoms with Crippen LogP contribution >= 0.6 is 11.8 Å². The maximum absolute atomic E-state index is 12.6.